The van der Waals surface area contributed by atoms with Crippen molar-refractivity contribution in [3.63, 3.8) is 0 Å². The van der Waals surface area contributed by atoms with Crippen LogP contribution in [0.25, 0.3) is 11.1 Å². The summed E-state index contributed by atoms with van der Waals surface area (Å²) in [5.41, 5.74) is 7.21. The molecule has 0 aliphatic rings. The fourth-order valence-electron chi connectivity index (χ4n) is 1.64. The molecule has 1 atom stereocenters. The Morgan fingerprint density at radius 2 is 1.89 bits per heavy atom. The van der Waals surface area contributed by atoms with Gasteiger partial charge in [-0.05, 0) is 24.6 Å². The number of aliphatic carboxylic acids is 1. The van der Waals surface area contributed by atoms with Crippen molar-refractivity contribution in [2.24, 2.45) is 5.73 Å². The fourth-order valence-corrected chi connectivity index (χ4v) is 1.64. The lowest BCUT2D eigenvalue weighted by atomic mass is 10.1. The van der Waals surface area contributed by atoms with Gasteiger partial charge in [0, 0.05) is 17.3 Å². The Morgan fingerprint density at radius 3 is 2.42 bits per heavy atom. The van der Waals surface area contributed by atoms with Gasteiger partial charge in [0.05, 0.1) is 6.20 Å². The van der Waals surface area contributed by atoms with Gasteiger partial charge in [-0.1, -0.05) is 12.1 Å². The van der Waals surface area contributed by atoms with Gasteiger partial charge in [0.1, 0.15) is 6.04 Å². The highest BCUT2D eigenvalue weighted by Crippen LogP contribution is 2.20. The number of carbonyl (C=O) groups is 2. The Balaban J connectivity index is 2.27. The second-order valence-corrected chi connectivity index (χ2v) is 4.16. The zero-order chi connectivity index (χ0) is 14.0. The van der Waals surface area contributed by atoms with E-state index >= 15 is 0 Å². The molecular weight excluding hydrogens is 246 g/mol. The molecule has 6 heteroatoms. The van der Waals surface area contributed by atoms with E-state index in [2.05, 4.69) is 5.10 Å². The van der Waals surface area contributed by atoms with Gasteiger partial charge < -0.3 is 10.8 Å². The molecule has 0 aliphatic carbocycles. The molecule has 0 unspecified atom stereocenters. The van der Waals surface area contributed by atoms with Gasteiger partial charge >= 0.3 is 5.97 Å². The van der Waals surface area contributed by atoms with Gasteiger partial charge in [0.2, 0.25) is 5.91 Å². The average molecular weight is 259 g/mol. The minimum Gasteiger partial charge on any atom is -0.480 e. The van der Waals surface area contributed by atoms with Gasteiger partial charge in [0.15, 0.2) is 0 Å². The van der Waals surface area contributed by atoms with Crippen molar-refractivity contribution in [3.05, 3.63) is 42.2 Å². The predicted molar refractivity (Wildman–Crippen MR) is 68.5 cm³/mol. The van der Waals surface area contributed by atoms with Crippen LogP contribution in [-0.2, 0) is 4.79 Å². The van der Waals surface area contributed by atoms with E-state index in [1.807, 2.05) is 0 Å². The fraction of sp³-hybridized carbons (Fsp3) is 0.154. The molecule has 19 heavy (non-hydrogen) atoms. The summed E-state index contributed by atoms with van der Waals surface area (Å²) in [5, 5.41) is 12.9. The molecule has 3 N–H and O–H groups in total. The van der Waals surface area contributed by atoms with Crippen LogP contribution in [0.5, 0.6) is 0 Å². The van der Waals surface area contributed by atoms with E-state index in [1.165, 1.54) is 4.68 Å². The first-order chi connectivity index (χ1) is 8.99. The third-order valence-electron chi connectivity index (χ3n) is 2.86. The lowest BCUT2D eigenvalue weighted by Gasteiger charge is -2.05. The SMILES string of the molecule is C[C@@H](C(=O)O)n1cc(-c2ccc(C(N)=O)cc2)cn1. The quantitative estimate of drug-likeness (QED) is 0.864. The minimum atomic E-state index is -0.946. The van der Waals surface area contributed by atoms with Gasteiger partial charge in [-0.15, -0.1) is 0 Å². The van der Waals surface area contributed by atoms with Crippen molar-refractivity contribution in [3.8, 4) is 11.1 Å². The molecule has 0 saturated carbocycles. The highest BCUT2D eigenvalue weighted by molar-refractivity contribution is 5.93. The van der Waals surface area contributed by atoms with Crippen molar-refractivity contribution >= 4 is 11.9 Å². The Labute approximate surface area is 109 Å². The number of rotatable bonds is 4. The summed E-state index contributed by atoms with van der Waals surface area (Å²) in [5.74, 6) is -1.43. The zero-order valence-corrected chi connectivity index (χ0v) is 10.3. The van der Waals surface area contributed by atoms with Gasteiger partial charge in [-0.3, -0.25) is 9.48 Å². The van der Waals surface area contributed by atoms with Crippen LogP contribution >= 0.6 is 0 Å². The molecular formula is C13H13N3O3. The summed E-state index contributed by atoms with van der Waals surface area (Å²) in [6.07, 6.45) is 3.23. The van der Waals surface area contributed by atoms with E-state index in [4.69, 9.17) is 10.8 Å². The zero-order valence-electron chi connectivity index (χ0n) is 10.3. The first kappa shape index (κ1) is 12.8. The summed E-state index contributed by atoms with van der Waals surface area (Å²) in [6, 6.07) is 6.00. The number of nitrogens with two attached hydrogens (primary N) is 1. The molecule has 2 rings (SSSR count). The van der Waals surface area contributed by atoms with Gasteiger partial charge in [-0.2, -0.15) is 5.10 Å². The van der Waals surface area contributed by atoms with E-state index in [-0.39, 0.29) is 0 Å². The van der Waals surface area contributed by atoms with Crippen LogP contribution in [0.1, 0.15) is 23.3 Å². The van der Waals surface area contributed by atoms with Crippen LogP contribution in [0.3, 0.4) is 0 Å². The number of carboxylic acid groups (broad SMARTS) is 1. The van der Waals surface area contributed by atoms with E-state index in [0.29, 0.717) is 5.56 Å². The number of hydrogen-bond donors (Lipinski definition) is 2. The third kappa shape index (κ3) is 2.62. The molecule has 6 nitrogen and oxygen atoms in total. The summed E-state index contributed by atoms with van der Waals surface area (Å²) in [6.45, 7) is 1.55. The molecule has 98 valence electrons. The second-order valence-electron chi connectivity index (χ2n) is 4.16. The highest BCUT2D eigenvalue weighted by Gasteiger charge is 2.14. The number of aromatic nitrogens is 2. The Morgan fingerprint density at radius 1 is 1.26 bits per heavy atom. The van der Waals surface area contributed by atoms with E-state index < -0.39 is 17.9 Å². The van der Waals surface area contributed by atoms with E-state index in [1.54, 1.807) is 43.6 Å². The van der Waals surface area contributed by atoms with Crippen molar-refractivity contribution in [1.29, 1.82) is 0 Å². The van der Waals surface area contributed by atoms with Crippen LogP contribution in [-0.4, -0.2) is 26.8 Å². The Kier molecular flexibility index (Phi) is 3.33. The molecule has 0 bridgehead atoms. The number of amides is 1. The molecule has 1 heterocycles. The van der Waals surface area contributed by atoms with Crippen LogP contribution in [0.4, 0.5) is 0 Å². The monoisotopic (exact) mass is 259 g/mol. The van der Waals surface area contributed by atoms with Gasteiger partial charge in [0.25, 0.3) is 0 Å². The normalized spacial score (nSPS) is 12.1. The lowest BCUT2D eigenvalue weighted by molar-refractivity contribution is -0.140. The smallest absolute Gasteiger partial charge is 0.328 e. The molecule has 0 fully saturated rings. The summed E-state index contributed by atoms with van der Waals surface area (Å²) < 4.78 is 1.37. The summed E-state index contributed by atoms with van der Waals surface area (Å²) >= 11 is 0. The molecule has 1 amide bonds. The van der Waals surface area contributed by atoms with E-state index in [9.17, 15) is 9.59 Å². The topological polar surface area (TPSA) is 98.2 Å². The second kappa shape index (κ2) is 4.93. The Hall–Kier alpha value is -2.63. The Bertz CT molecular complexity index is 616. The molecule has 0 spiro atoms. The lowest BCUT2D eigenvalue weighted by Crippen LogP contribution is -2.15. The van der Waals surface area contributed by atoms with Crippen LogP contribution in [0, 0.1) is 0 Å². The molecule has 0 aliphatic heterocycles. The molecule has 2 aromatic rings. The average Bonchev–Trinajstić information content (AvgIpc) is 2.87. The highest BCUT2D eigenvalue weighted by atomic mass is 16.4. The maximum absolute atomic E-state index is 11.0. The summed E-state index contributed by atoms with van der Waals surface area (Å²) in [4.78, 5) is 21.8. The molecule has 1 aromatic heterocycles. The number of nitrogens with zero attached hydrogens (tertiary/aromatic N) is 2. The van der Waals surface area contributed by atoms with Crippen molar-refractivity contribution in [2.75, 3.05) is 0 Å². The number of hydrogen-bond acceptors (Lipinski definition) is 3. The standard InChI is InChI=1S/C13H13N3O3/c1-8(13(18)19)16-7-11(6-15-16)9-2-4-10(5-3-9)12(14)17/h2-8H,1H3,(H2,14,17)(H,18,19)/t8-/m0/s1. The largest absolute Gasteiger partial charge is 0.480 e. The maximum Gasteiger partial charge on any atom is 0.328 e. The molecule has 0 saturated heterocycles. The molecule has 0 radical (unpaired) electrons. The first-order valence-electron chi connectivity index (χ1n) is 5.66. The summed E-state index contributed by atoms with van der Waals surface area (Å²) in [7, 11) is 0. The number of carboxylic acids is 1. The number of primary amides is 1. The van der Waals surface area contributed by atoms with Crippen LogP contribution in [0.15, 0.2) is 36.7 Å². The first-order valence-corrected chi connectivity index (χ1v) is 5.66. The van der Waals surface area contributed by atoms with Crippen molar-refractivity contribution in [1.82, 2.24) is 9.78 Å². The minimum absolute atomic E-state index is 0.426. The van der Waals surface area contributed by atoms with E-state index in [0.717, 1.165) is 11.1 Å². The van der Waals surface area contributed by atoms with Crippen molar-refractivity contribution in [2.45, 2.75) is 13.0 Å². The van der Waals surface area contributed by atoms with Crippen molar-refractivity contribution < 1.29 is 14.7 Å². The number of carbonyl (C=O) groups excluding carboxylic acids is 1. The van der Waals surface area contributed by atoms with Crippen LogP contribution in [0.2, 0.25) is 0 Å². The van der Waals surface area contributed by atoms with Crippen LogP contribution < -0.4 is 5.73 Å². The maximum atomic E-state index is 11.0. The third-order valence-corrected chi connectivity index (χ3v) is 2.86. The number of benzene rings is 1. The van der Waals surface area contributed by atoms with Gasteiger partial charge in [-0.25, -0.2) is 4.79 Å². The molecule has 1 aromatic carbocycles. The predicted octanol–water partition coefficient (Wildman–Crippen LogP) is 1.29.